The van der Waals surface area contributed by atoms with E-state index in [9.17, 15) is 18.0 Å². The first kappa shape index (κ1) is 25.6. The number of anilines is 1. The molecular formula is C24H33F3N6O2. The Morgan fingerprint density at radius 1 is 1.23 bits per heavy atom. The number of nitrogens with zero attached hydrogens (tertiary/aromatic N) is 4. The molecule has 3 heterocycles. The number of likely N-dealkylation sites (tertiary alicyclic amines) is 1. The highest BCUT2D eigenvalue weighted by atomic mass is 19.4. The molecule has 2 fully saturated rings. The first-order valence-electron chi connectivity index (χ1n) is 12.2. The lowest BCUT2D eigenvalue weighted by atomic mass is 10.0. The number of alkyl halides is 3. The van der Waals surface area contributed by atoms with Crippen molar-refractivity contribution in [3.63, 3.8) is 0 Å². The minimum atomic E-state index is -4.46. The number of amides is 1. The summed E-state index contributed by atoms with van der Waals surface area (Å²) in [5.74, 6) is -0.0102. The quantitative estimate of drug-likeness (QED) is 0.526. The molecule has 1 amide bonds. The van der Waals surface area contributed by atoms with E-state index in [1.54, 1.807) is 0 Å². The molecule has 4 rings (SSSR count). The molecular weight excluding hydrogens is 461 g/mol. The van der Waals surface area contributed by atoms with Crippen molar-refractivity contribution in [3.05, 3.63) is 30.1 Å². The van der Waals surface area contributed by atoms with E-state index in [1.165, 1.54) is 12.4 Å². The van der Waals surface area contributed by atoms with Gasteiger partial charge in [-0.3, -0.25) is 14.6 Å². The number of rotatable bonds is 10. The fraction of sp³-hybridized carbons (Fsp3) is 0.625. The molecule has 2 saturated heterocycles. The van der Waals surface area contributed by atoms with Crippen LogP contribution in [0.15, 0.2) is 24.5 Å². The zero-order valence-corrected chi connectivity index (χ0v) is 20.0. The standard InChI is InChI=1S/C24H33F3N6O2/c1-2-19(33-8-10-35-11-9-33)4-3-7-32-14-18(15-32)31-22(34)13-28-23-20-12-17(24(25,26)27)5-6-21(20)29-16-30-23/h5-6,12,16,18-19H,2-4,7-11,13-15H2,1H3,(H,31,34)(H,28,29,30). The lowest BCUT2D eigenvalue weighted by molar-refractivity contribution is -0.137. The highest BCUT2D eigenvalue weighted by Crippen LogP contribution is 2.32. The number of morpholine rings is 1. The Bertz CT molecular complexity index is 993. The zero-order valence-electron chi connectivity index (χ0n) is 20.0. The Kier molecular flexibility index (Phi) is 8.40. The van der Waals surface area contributed by atoms with Gasteiger partial charge >= 0.3 is 6.18 Å². The van der Waals surface area contributed by atoms with Crippen molar-refractivity contribution < 1.29 is 22.7 Å². The summed E-state index contributed by atoms with van der Waals surface area (Å²) in [6.45, 7) is 8.47. The van der Waals surface area contributed by atoms with E-state index in [1.807, 2.05) is 0 Å². The van der Waals surface area contributed by atoms with Crippen LogP contribution in [0.5, 0.6) is 0 Å². The summed E-state index contributed by atoms with van der Waals surface area (Å²) >= 11 is 0. The number of benzene rings is 1. The molecule has 0 spiro atoms. The molecule has 8 nitrogen and oxygen atoms in total. The molecule has 1 unspecified atom stereocenters. The fourth-order valence-electron chi connectivity index (χ4n) is 4.80. The topological polar surface area (TPSA) is 82.6 Å². The van der Waals surface area contributed by atoms with Crippen molar-refractivity contribution >= 4 is 22.6 Å². The molecule has 1 aromatic carbocycles. The summed E-state index contributed by atoms with van der Waals surface area (Å²) in [6.07, 6.45) is 0.233. The Balaban J connectivity index is 1.18. The lowest BCUT2D eigenvalue weighted by Gasteiger charge is -2.40. The summed E-state index contributed by atoms with van der Waals surface area (Å²) in [4.78, 5) is 25.3. The van der Waals surface area contributed by atoms with Crippen LogP contribution in [0.2, 0.25) is 0 Å². The van der Waals surface area contributed by atoms with Gasteiger partial charge in [-0.25, -0.2) is 9.97 Å². The van der Waals surface area contributed by atoms with Crippen LogP contribution in [0.3, 0.4) is 0 Å². The normalized spacial score (nSPS) is 18.9. The van der Waals surface area contributed by atoms with Gasteiger partial charge in [0.1, 0.15) is 12.1 Å². The average molecular weight is 495 g/mol. The van der Waals surface area contributed by atoms with Crippen molar-refractivity contribution in [2.24, 2.45) is 0 Å². The van der Waals surface area contributed by atoms with Crippen molar-refractivity contribution in [3.8, 4) is 0 Å². The number of carbonyl (C=O) groups excluding carboxylic acids is 1. The van der Waals surface area contributed by atoms with E-state index in [4.69, 9.17) is 4.74 Å². The number of halogens is 3. The number of aromatic nitrogens is 2. The third-order valence-electron chi connectivity index (χ3n) is 6.75. The van der Waals surface area contributed by atoms with Gasteiger partial charge in [-0.2, -0.15) is 13.2 Å². The van der Waals surface area contributed by atoms with Crippen LogP contribution in [0, 0.1) is 0 Å². The molecule has 35 heavy (non-hydrogen) atoms. The Morgan fingerprint density at radius 2 is 2.00 bits per heavy atom. The Hall–Kier alpha value is -2.50. The van der Waals surface area contributed by atoms with Gasteiger partial charge in [0, 0.05) is 37.6 Å². The summed E-state index contributed by atoms with van der Waals surface area (Å²) in [7, 11) is 0. The molecule has 2 aliphatic heterocycles. The van der Waals surface area contributed by atoms with Crippen LogP contribution < -0.4 is 10.6 Å². The van der Waals surface area contributed by atoms with Gasteiger partial charge in [0.25, 0.3) is 0 Å². The SMILES string of the molecule is CCC(CCCN1CC(NC(=O)CNc2ncnc3ccc(C(F)(F)F)cc23)C1)N1CCOCC1. The van der Waals surface area contributed by atoms with E-state index in [-0.39, 0.29) is 29.7 Å². The minimum Gasteiger partial charge on any atom is -0.379 e. The van der Waals surface area contributed by atoms with Crippen molar-refractivity contribution in [1.82, 2.24) is 25.1 Å². The predicted octanol–water partition coefficient (Wildman–Crippen LogP) is 2.75. The maximum absolute atomic E-state index is 13.1. The molecule has 0 aliphatic carbocycles. The molecule has 1 atom stereocenters. The average Bonchev–Trinajstić information content (AvgIpc) is 2.83. The molecule has 0 radical (unpaired) electrons. The first-order chi connectivity index (χ1) is 16.8. The molecule has 0 bridgehead atoms. The monoisotopic (exact) mass is 494 g/mol. The largest absolute Gasteiger partial charge is 0.416 e. The van der Waals surface area contributed by atoms with Crippen molar-refractivity contribution in [2.75, 3.05) is 57.8 Å². The molecule has 2 N–H and O–H groups in total. The summed E-state index contributed by atoms with van der Waals surface area (Å²) < 4.78 is 44.6. The van der Waals surface area contributed by atoms with Crippen LogP contribution >= 0.6 is 0 Å². The molecule has 1 aromatic heterocycles. The van der Waals surface area contributed by atoms with Gasteiger partial charge in [-0.15, -0.1) is 0 Å². The number of nitrogens with one attached hydrogen (secondary N) is 2. The highest BCUT2D eigenvalue weighted by Gasteiger charge is 2.31. The lowest BCUT2D eigenvalue weighted by Crippen LogP contribution is -2.60. The van der Waals surface area contributed by atoms with Gasteiger partial charge < -0.3 is 15.4 Å². The molecule has 192 valence electrons. The van der Waals surface area contributed by atoms with E-state index >= 15 is 0 Å². The van der Waals surface area contributed by atoms with Crippen LogP contribution in [0.4, 0.5) is 19.0 Å². The van der Waals surface area contributed by atoms with E-state index in [0.29, 0.717) is 11.6 Å². The summed E-state index contributed by atoms with van der Waals surface area (Å²) in [5, 5.41) is 6.06. The Labute approximate surface area is 203 Å². The van der Waals surface area contributed by atoms with Crippen LogP contribution in [-0.4, -0.2) is 90.2 Å². The third kappa shape index (κ3) is 6.80. The smallest absolute Gasteiger partial charge is 0.379 e. The number of carbonyl (C=O) groups is 1. The van der Waals surface area contributed by atoms with Crippen LogP contribution in [0.25, 0.3) is 10.9 Å². The fourth-order valence-corrected chi connectivity index (χ4v) is 4.80. The summed E-state index contributed by atoms with van der Waals surface area (Å²) in [5.41, 5.74) is -0.401. The maximum Gasteiger partial charge on any atom is 0.416 e. The van der Waals surface area contributed by atoms with E-state index in [2.05, 4.69) is 37.3 Å². The van der Waals surface area contributed by atoms with Gasteiger partial charge in [-0.1, -0.05) is 6.92 Å². The van der Waals surface area contributed by atoms with Gasteiger partial charge in [-0.05, 0) is 44.0 Å². The molecule has 0 saturated carbocycles. The minimum absolute atomic E-state index is 0.0728. The van der Waals surface area contributed by atoms with E-state index < -0.39 is 11.7 Å². The third-order valence-corrected chi connectivity index (χ3v) is 6.75. The number of hydrogen-bond donors (Lipinski definition) is 2. The number of hydrogen-bond acceptors (Lipinski definition) is 7. The number of fused-ring (bicyclic) bond motifs is 1. The number of ether oxygens (including phenoxy) is 1. The second kappa shape index (κ2) is 11.5. The molecule has 11 heteroatoms. The van der Waals surface area contributed by atoms with Crippen molar-refractivity contribution in [1.29, 1.82) is 0 Å². The molecule has 2 aliphatic rings. The predicted molar refractivity (Wildman–Crippen MR) is 127 cm³/mol. The van der Waals surface area contributed by atoms with Gasteiger partial charge in [0.15, 0.2) is 0 Å². The van der Waals surface area contributed by atoms with Crippen molar-refractivity contribution in [2.45, 2.75) is 44.4 Å². The van der Waals surface area contributed by atoms with Crippen LogP contribution in [0.1, 0.15) is 31.7 Å². The molecule has 2 aromatic rings. The first-order valence-corrected chi connectivity index (χ1v) is 12.2. The highest BCUT2D eigenvalue weighted by molar-refractivity contribution is 5.91. The van der Waals surface area contributed by atoms with Crippen LogP contribution in [-0.2, 0) is 15.7 Å². The van der Waals surface area contributed by atoms with E-state index in [0.717, 1.165) is 77.3 Å². The van der Waals surface area contributed by atoms with Gasteiger partial charge in [0.2, 0.25) is 5.91 Å². The van der Waals surface area contributed by atoms with Gasteiger partial charge in [0.05, 0.1) is 36.9 Å². The second-order valence-corrected chi connectivity index (χ2v) is 9.18. The zero-order chi connectivity index (χ0) is 24.8. The maximum atomic E-state index is 13.1. The second-order valence-electron chi connectivity index (χ2n) is 9.18. The summed E-state index contributed by atoms with van der Waals surface area (Å²) in [6, 6.07) is 3.98. The Morgan fingerprint density at radius 3 is 2.71 bits per heavy atom.